The number of halogens is 1. The van der Waals surface area contributed by atoms with Crippen molar-refractivity contribution in [2.75, 3.05) is 7.11 Å². The predicted molar refractivity (Wildman–Crippen MR) is 104 cm³/mol. The van der Waals surface area contributed by atoms with Crippen LogP contribution in [0.25, 0.3) is 11.3 Å². The van der Waals surface area contributed by atoms with Crippen molar-refractivity contribution in [3.63, 3.8) is 0 Å². The summed E-state index contributed by atoms with van der Waals surface area (Å²) >= 11 is 0. The molecule has 148 valence electrons. The number of carbonyl (C=O) groups excluding carboxylic acids is 2. The lowest BCUT2D eigenvalue weighted by Gasteiger charge is -2.24. The van der Waals surface area contributed by atoms with Gasteiger partial charge in [0.25, 0.3) is 5.91 Å². The number of aryl methyl sites for hydroxylation is 1. The summed E-state index contributed by atoms with van der Waals surface area (Å²) in [5.41, 5.74) is 2.00. The molecule has 7 heteroatoms. The van der Waals surface area contributed by atoms with Crippen molar-refractivity contribution in [2.24, 2.45) is 0 Å². The molecule has 6 nitrogen and oxygen atoms in total. The van der Waals surface area contributed by atoms with Crippen molar-refractivity contribution in [2.45, 2.75) is 25.6 Å². The Hall–Kier alpha value is -3.48. The monoisotopic (exact) mass is 394 g/mol. The molecule has 0 fully saturated rings. The van der Waals surface area contributed by atoms with Gasteiger partial charge in [0, 0.05) is 11.1 Å². The Kier molecular flexibility index (Phi) is 5.12. The Morgan fingerprint density at radius 2 is 2.07 bits per heavy atom. The molecule has 1 atom stereocenters. The van der Waals surface area contributed by atoms with Crippen LogP contribution in [0.5, 0.6) is 5.75 Å². The van der Waals surface area contributed by atoms with Gasteiger partial charge in [-0.1, -0.05) is 35.5 Å². The van der Waals surface area contributed by atoms with E-state index < -0.39 is 18.6 Å². The van der Waals surface area contributed by atoms with E-state index in [9.17, 15) is 14.0 Å². The zero-order valence-electron chi connectivity index (χ0n) is 15.8. The number of nitrogens with zero attached hydrogens (tertiary/aromatic N) is 1. The highest BCUT2D eigenvalue weighted by Crippen LogP contribution is 2.28. The normalized spacial score (nSPS) is 15.7. The van der Waals surface area contributed by atoms with E-state index >= 15 is 0 Å². The van der Waals surface area contributed by atoms with E-state index in [0.29, 0.717) is 29.7 Å². The van der Waals surface area contributed by atoms with Gasteiger partial charge in [-0.15, -0.1) is 0 Å². The van der Waals surface area contributed by atoms with E-state index in [1.165, 1.54) is 0 Å². The second kappa shape index (κ2) is 7.87. The van der Waals surface area contributed by atoms with Crippen molar-refractivity contribution in [1.29, 1.82) is 0 Å². The molecule has 0 spiro atoms. The fourth-order valence-corrected chi connectivity index (χ4v) is 3.56. The molecule has 1 unspecified atom stereocenters. The van der Waals surface area contributed by atoms with Gasteiger partial charge in [-0.3, -0.25) is 9.59 Å². The summed E-state index contributed by atoms with van der Waals surface area (Å²) in [5, 5.41) is 6.45. The van der Waals surface area contributed by atoms with Crippen LogP contribution in [0.3, 0.4) is 0 Å². The molecule has 1 aliphatic carbocycles. The highest BCUT2D eigenvalue weighted by molar-refractivity contribution is 6.06. The molecular weight excluding hydrogens is 375 g/mol. The number of carbonyl (C=O) groups is 2. The largest absolute Gasteiger partial charge is 0.497 e. The first kappa shape index (κ1) is 18.9. The van der Waals surface area contributed by atoms with Gasteiger partial charge in [-0.05, 0) is 36.6 Å². The van der Waals surface area contributed by atoms with Crippen LogP contribution in [-0.2, 0) is 13.1 Å². The molecule has 1 amide bonds. The highest BCUT2D eigenvalue weighted by atomic mass is 19.1. The number of hydrogen-bond acceptors (Lipinski definition) is 5. The fourth-order valence-electron chi connectivity index (χ4n) is 3.56. The van der Waals surface area contributed by atoms with E-state index in [1.807, 2.05) is 12.1 Å². The van der Waals surface area contributed by atoms with Crippen LogP contribution < -0.4 is 10.1 Å². The third kappa shape index (κ3) is 3.51. The van der Waals surface area contributed by atoms with E-state index in [0.717, 1.165) is 5.56 Å². The zero-order valence-corrected chi connectivity index (χ0v) is 15.8. The average Bonchev–Trinajstić information content (AvgIpc) is 3.20. The molecule has 2 aromatic carbocycles. The number of Topliss-reactive ketones (excluding diaryl/α,β-unsaturated/α-hetero) is 1. The first-order valence-electron chi connectivity index (χ1n) is 9.24. The summed E-state index contributed by atoms with van der Waals surface area (Å²) in [6.07, 6.45) is 1.06. The number of amides is 1. The highest BCUT2D eigenvalue weighted by Gasteiger charge is 2.31. The minimum absolute atomic E-state index is 0.0714. The molecule has 0 saturated carbocycles. The lowest BCUT2D eigenvalue weighted by Crippen LogP contribution is -2.43. The maximum Gasteiger partial charge on any atom is 0.274 e. The lowest BCUT2D eigenvalue weighted by molar-refractivity contribution is 0.0839. The first-order chi connectivity index (χ1) is 14.1. The van der Waals surface area contributed by atoms with Gasteiger partial charge in [0.15, 0.2) is 17.2 Å². The van der Waals surface area contributed by atoms with Crippen LogP contribution in [0.4, 0.5) is 4.39 Å². The zero-order chi connectivity index (χ0) is 20.4. The third-order valence-electron chi connectivity index (χ3n) is 5.07. The summed E-state index contributed by atoms with van der Waals surface area (Å²) in [6, 6.07) is 13.4. The molecule has 29 heavy (non-hydrogen) atoms. The number of ether oxygens (including phenoxy) is 1. The van der Waals surface area contributed by atoms with E-state index in [4.69, 9.17) is 9.26 Å². The van der Waals surface area contributed by atoms with Gasteiger partial charge in [-0.25, -0.2) is 4.39 Å². The molecule has 1 N–H and O–H groups in total. The Morgan fingerprint density at radius 3 is 2.79 bits per heavy atom. The molecule has 4 rings (SSSR count). The van der Waals surface area contributed by atoms with Crippen molar-refractivity contribution in [3.05, 3.63) is 70.9 Å². The Bertz CT molecular complexity index is 1060. The third-order valence-corrected chi connectivity index (χ3v) is 5.07. The van der Waals surface area contributed by atoms with Gasteiger partial charge >= 0.3 is 0 Å². The number of alkyl halides is 1. The molecule has 0 radical (unpaired) electrons. The number of nitrogens with one attached hydrogen (secondary N) is 1. The maximum atomic E-state index is 13.7. The molecule has 1 aliphatic rings. The lowest BCUT2D eigenvalue weighted by atomic mass is 9.87. The second-order valence-electron chi connectivity index (χ2n) is 6.79. The molecule has 0 saturated heterocycles. The summed E-state index contributed by atoms with van der Waals surface area (Å²) in [6.45, 7) is -0.905. The average molecular weight is 394 g/mol. The summed E-state index contributed by atoms with van der Waals surface area (Å²) in [5.74, 6) is 0.0862. The van der Waals surface area contributed by atoms with Gasteiger partial charge < -0.3 is 14.6 Å². The van der Waals surface area contributed by atoms with E-state index in [1.54, 1.807) is 43.5 Å². The maximum absolute atomic E-state index is 13.7. The predicted octanol–water partition coefficient (Wildman–Crippen LogP) is 3.75. The molecule has 0 bridgehead atoms. The Balaban J connectivity index is 1.56. The Morgan fingerprint density at radius 1 is 1.28 bits per heavy atom. The minimum atomic E-state index is -0.905. The molecule has 0 aliphatic heterocycles. The van der Waals surface area contributed by atoms with Crippen molar-refractivity contribution < 1.29 is 23.2 Å². The van der Waals surface area contributed by atoms with Crippen LogP contribution >= 0.6 is 0 Å². The summed E-state index contributed by atoms with van der Waals surface area (Å²) < 4.78 is 24.1. The van der Waals surface area contributed by atoms with Crippen LogP contribution in [0, 0.1) is 0 Å². The van der Waals surface area contributed by atoms with E-state index in [2.05, 4.69) is 10.5 Å². The number of hydrogen-bond donors (Lipinski definition) is 1. The van der Waals surface area contributed by atoms with Crippen LogP contribution in [-0.4, -0.2) is 30.0 Å². The standard InChI is InChI=1S/C22H19FN2O4/c1-28-15-8-9-16-14(11-15)7-10-18(20(16)26)24-22(27)19-17(12-23)21(29-25-19)13-5-3-2-4-6-13/h2-6,8-9,11,18H,7,10,12H2,1H3,(H,24,27). The molecule has 3 aromatic rings. The fraction of sp³-hybridized carbons (Fsp3) is 0.227. The number of fused-ring (bicyclic) bond motifs is 1. The smallest absolute Gasteiger partial charge is 0.274 e. The number of ketones is 1. The van der Waals surface area contributed by atoms with Crippen LogP contribution in [0.15, 0.2) is 53.1 Å². The van der Waals surface area contributed by atoms with Gasteiger partial charge in [0.2, 0.25) is 0 Å². The number of benzene rings is 2. The molecule has 1 aromatic heterocycles. The molecular formula is C22H19FN2O4. The van der Waals surface area contributed by atoms with Crippen molar-refractivity contribution >= 4 is 11.7 Å². The second-order valence-corrected chi connectivity index (χ2v) is 6.79. The SMILES string of the molecule is COc1ccc2c(c1)CCC(NC(=O)c1noc(-c3ccccc3)c1CF)C2=O. The van der Waals surface area contributed by atoms with Crippen molar-refractivity contribution in [3.8, 4) is 17.1 Å². The Labute approximate surface area is 166 Å². The van der Waals surface area contributed by atoms with E-state index in [-0.39, 0.29) is 22.8 Å². The number of aromatic nitrogens is 1. The topological polar surface area (TPSA) is 81.4 Å². The van der Waals surface area contributed by atoms with Crippen LogP contribution in [0.2, 0.25) is 0 Å². The minimum Gasteiger partial charge on any atom is -0.497 e. The van der Waals surface area contributed by atoms with Gasteiger partial charge in [0.05, 0.1) is 18.7 Å². The summed E-state index contributed by atoms with van der Waals surface area (Å²) in [7, 11) is 1.57. The van der Waals surface area contributed by atoms with Gasteiger partial charge in [-0.2, -0.15) is 0 Å². The quantitative estimate of drug-likeness (QED) is 0.713. The number of methoxy groups -OCH3 is 1. The first-order valence-corrected chi connectivity index (χ1v) is 9.24. The van der Waals surface area contributed by atoms with Crippen molar-refractivity contribution in [1.82, 2.24) is 10.5 Å². The molecule has 1 heterocycles. The number of rotatable bonds is 5. The van der Waals surface area contributed by atoms with Gasteiger partial charge in [0.1, 0.15) is 12.4 Å². The summed E-state index contributed by atoms with van der Waals surface area (Å²) in [4.78, 5) is 25.5. The van der Waals surface area contributed by atoms with Crippen LogP contribution in [0.1, 0.15) is 38.4 Å².